The molecule has 2 aromatic rings. The summed E-state index contributed by atoms with van der Waals surface area (Å²) in [5, 5.41) is 15.3. The largest absolute Gasteiger partial charge is 0.480 e. The van der Waals surface area contributed by atoms with E-state index >= 15 is 0 Å². The number of carboxylic acids is 1. The number of para-hydroxylation sites is 1. The molecule has 1 amide bonds. The number of ether oxygens (including phenoxy) is 1. The Morgan fingerprint density at radius 1 is 1.32 bits per heavy atom. The SMILES string of the molecule is Cc1c(C(=O)NCCOCC(=O)O)cnn1-c1ccccc1. The molecule has 0 spiro atoms. The van der Waals surface area contributed by atoms with Crippen molar-refractivity contribution in [2.24, 2.45) is 0 Å². The van der Waals surface area contributed by atoms with Gasteiger partial charge in [0.15, 0.2) is 0 Å². The maximum Gasteiger partial charge on any atom is 0.329 e. The van der Waals surface area contributed by atoms with Crippen LogP contribution in [0, 0.1) is 6.92 Å². The number of nitrogens with zero attached hydrogens (tertiary/aromatic N) is 2. The number of aliphatic carboxylic acids is 1. The average molecular weight is 303 g/mol. The predicted molar refractivity (Wildman–Crippen MR) is 79.1 cm³/mol. The number of carbonyl (C=O) groups is 2. The Hall–Kier alpha value is -2.67. The second-order valence-electron chi connectivity index (χ2n) is 4.59. The van der Waals surface area contributed by atoms with Gasteiger partial charge in [0.05, 0.1) is 29.7 Å². The molecule has 0 bridgehead atoms. The first kappa shape index (κ1) is 15.7. The molecule has 0 saturated heterocycles. The van der Waals surface area contributed by atoms with Gasteiger partial charge in [0.2, 0.25) is 0 Å². The third-order valence-corrected chi connectivity index (χ3v) is 3.01. The van der Waals surface area contributed by atoms with E-state index in [1.807, 2.05) is 37.3 Å². The standard InChI is InChI=1S/C15H17N3O4/c1-11-13(15(21)16-7-8-22-10-14(19)20)9-17-18(11)12-5-3-2-4-6-12/h2-6,9H,7-8,10H2,1H3,(H,16,21)(H,19,20). The number of nitrogens with one attached hydrogen (secondary N) is 1. The first-order valence-electron chi connectivity index (χ1n) is 6.77. The molecule has 0 aliphatic rings. The number of benzene rings is 1. The zero-order chi connectivity index (χ0) is 15.9. The van der Waals surface area contributed by atoms with Crippen molar-refractivity contribution in [3.05, 3.63) is 47.8 Å². The minimum atomic E-state index is -1.04. The molecule has 1 aromatic carbocycles. The highest BCUT2D eigenvalue weighted by molar-refractivity contribution is 5.95. The van der Waals surface area contributed by atoms with Gasteiger partial charge in [-0.2, -0.15) is 5.10 Å². The lowest BCUT2D eigenvalue weighted by Gasteiger charge is -2.06. The van der Waals surface area contributed by atoms with Crippen LogP contribution in [-0.4, -0.2) is 46.5 Å². The average Bonchev–Trinajstić information content (AvgIpc) is 2.89. The van der Waals surface area contributed by atoms with E-state index in [0.29, 0.717) is 5.56 Å². The molecule has 0 saturated carbocycles. The molecule has 2 N–H and O–H groups in total. The lowest BCUT2D eigenvalue weighted by molar-refractivity contribution is -0.142. The van der Waals surface area contributed by atoms with Gasteiger partial charge in [-0.1, -0.05) is 18.2 Å². The van der Waals surface area contributed by atoms with Gasteiger partial charge in [-0.3, -0.25) is 4.79 Å². The van der Waals surface area contributed by atoms with Crippen LogP contribution in [0.5, 0.6) is 0 Å². The summed E-state index contributed by atoms with van der Waals surface area (Å²) in [5.41, 5.74) is 2.08. The van der Waals surface area contributed by atoms with Crippen LogP contribution in [0.15, 0.2) is 36.5 Å². The number of rotatable bonds is 7. The van der Waals surface area contributed by atoms with Gasteiger partial charge in [-0.25, -0.2) is 9.48 Å². The van der Waals surface area contributed by atoms with E-state index in [2.05, 4.69) is 10.4 Å². The minimum Gasteiger partial charge on any atom is -0.480 e. The first-order valence-corrected chi connectivity index (χ1v) is 6.77. The van der Waals surface area contributed by atoms with Crippen LogP contribution in [0.4, 0.5) is 0 Å². The van der Waals surface area contributed by atoms with E-state index in [-0.39, 0.29) is 25.7 Å². The molecule has 0 radical (unpaired) electrons. The fourth-order valence-corrected chi connectivity index (χ4v) is 1.95. The van der Waals surface area contributed by atoms with Crippen molar-refractivity contribution >= 4 is 11.9 Å². The lowest BCUT2D eigenvalue weighted by Crippen LogP contribution is -2.28. The monoisotopic (exact) mass is 303 g/mol. The van der Waals surface area contributed by atoms with E-state index in [0.717, 1.165) is 11.4 Å². The molecule has 0 atom stereocenters. The number of carbonyl (C=O) groups excluding carboxylic acids is 1. The Labute approximate surface area is 127 Å². The topological polar surface area (TPSA) is 93.4 Å². The molecule has 0 fully saturated rings. The number of carboxylic acid groups (broad SMARTS) is 1. The Morgan fingerprint density at radius 2 is 2.05 bits per heavy atom. The molecule has 0 aliphatic heterocycles. The highest BCUT2D eigenvalue weighted by Gasteiger charge is 2.14. The van der Waals surface area contributed by atoms with Crippen LogP contribution in [0.2, 0.25) is 0 Å². The quantitative estimate of drug-likeness (QED) is 0.745. The number of amides is 1. The van der Waals surface area contributed by atoms with Gasteiger partial charge >= 0.3 is 5.97 Å². The molecule has 0 aliphatic carbocycles. The third-order valence-electron chi connectivity index (χ3n) is 3.01. The summed E-state index contributed by atoms with van der Waals surface area (Å²) in [6.45, 7) is 1.82. The molecular formula is C15H17N3O4. The normalized spacial score (nSPS) is 10.4. The molecule has 22 heavy (non-hydrogen) atoms. The fraction of sp³-hybridized carbons (Fsp3) is 0.267. The van der Waals surface area contributed by atoms with Gasteiger partial charge in [0.1, 0.15) is 6.61 Å². The van der Waals surface area contributed by atoms with Crippen molar-refractivity contribution in [3.8, 4) is 5.69 Å². The molecule has 7 heteroatoms. The molecule has 2 rings (SSSR count). The summed E-state index contributed by atoms with van der Waals surface area (Å²) in [7, 11) is 0. The Bertz CT molecular complexity index is 652. The van der Waals surface area contributed by atoms with Crippen LogP contribution < -0.4 is 5.32 Å². The zero-order valence-corrected chi connectivity index (χ0v) is 12.2. The predicted octanol–water partition coefficient (Wildman–Crippen LogP) is 1.01. The summed E-state index contributed by atoms with van der Waals surface area (Å²) in [6.07, 6.45) is 1.51. The van der Waals surface area contributed by atoms with Crippen molar-refractivity contribution in [2.45, 2.75) is 6.92 Å². The van der Waals surface area contributed by atoms with Crippen molar-refractivity contribution < 1.29 is 19.4 Å². The van der Waals surface area contributed by atoms with Crippen LogP contribution in [0.1, 0.15) is 16.1 Å². The maximum absolute atomic E-state index is 12.1. The Balaban J connectivity index is 1.94. The van der Waals surface area contributed by atoms with Crippen molar-refractivity contribution in [2.75, 3.05) is 19.8 Å². The van der Waals surface area contributed by atoms with Crippen LogP contribution in [-0.2, 0) is 9.53 Å². The minimum absolute atomic E-state index is 0.143. The summed E-state index contributed by atoms with van der Waals surface area (Å²) < 4.78 is 6.54. The van der Waals surface area contributed by atoms with Gasteiger partial charge in [0, 0.05) is 6.54 Å². The third kappa shape index (κ3) is 3.92. The van der Waals surface area contributed by atoms with E-state index in [1.165, 1.54) is 6.20 Å². The van der Waals surface area contributed by atoms with Gasteiger partial charge < -0.3 is 15.2 Å². The van der Waals surface area contributed by atoms with Crippen LogP contribution in [0.25, 0.3) is 5.69 Å². The summed E-state index contributed by atoms with van der Waals surface area (Å²) in [5.74, 6) is -1.30. The molecular weight excluding hydrogens is 286 g/mol. The van der Waals surface area contributed by atoms with Crippen molar-refractivity contribution in [3.63, 3.8) is 0 Å². The molecule has 1 heterocycles. The van der Waals surface area contributed by atoms with Crippen LogP contribution in [0.3, 0.4) is 0 Å². The van der Waals surface area contributed by atoms with E-state index in [9.17, 15) is 9.59 Å². The van der Waals surface area contributed by atoms with Gasteiger partial charge in [-0.15, -0.1) is 0 Å². The first-order chi connectivity index (χ1) is 10.6. The zero-order valence-electron chi connectivity index (χ0n) is 12.2. The van der Waals surface area contributed by atoms with Crippen LogP contribution >= 0.6 is 0 Å². The molecule has 7 nitrogen and oxygen atoms in total. The second kappa shape index (κ2) is 7.37. The highest BCUT2D eigenvalue weighted by atomic mass is 16.5. The second-order valence-corrected chi connectivity index (χ2v) is 4.59. The number of hydrogen-bond acceptors (Lipinski definition) is 4. The number of aromatic nitrogens is 2. The Morgan fingerprint density at radius 3 is 2.73 bits per heavy atom. The summed E-state index contributed by atoms with van der Waals surface area (Å²) in [4.78, 5) is 22.3. The van der Waals surface area contributed by atoms with Crippen molar-refractivity contribution in [1.29, 1.82) is 0 Å². The van der Waals surface area contributed by atoms with E-state index in [4.69, 9.17) is 9.84 Å². The lowest BCUT2D eigenvalue weighted by atomic mass is 10.2. The maximum atomic E-state index is 12.1. The highest BCUT2D eigenvalue weighted by Crippen LogP contribution is 2.13. The molecule has 0 unspecified atom stereocenters. The van der Waals surface area contributed by atoms with Crippen molar-refractivity contribution in [1.82, 2.24) is 15.1 Å². The molecule has 1 aromatic heterocycles. The molecule has 116 valence electrons. The number of hydrogen-bond donors (Lipinski definition) is 2. The van der Waals surface area contributed by atoms with E-state index in [1.54, 1.807) is 4.68 Å². The van der Waals surface area contributed by atoms with Gasteiger partial charge in [-0.05, 0) is 19.1 Å². The fourth-order valence-electron chi connectivity index (χ4n) is 1.95. The summed E-state index contributed by atoms with van der Waals surface area (Å²) >= 11 is 0. The smallest absolute Gasteiger partial charge is 0.329 e. The van der Waals surface area contributed by atoms with E-state index < -0.39 is 5.97 Å². The Kier molecular flexibility index (Phi) is 5.26. The van der Waals surface area contributed by atoms with Gasteiger partial charge in [0.25, 0.3) is 5.91 Å². The summed E-state index contributed by atoms with van der Waals surface area (Å²) in [6, 6.07) is 9.52.